The van der Waals surface area contributed by atoms with Crippen LogP contribution in [0.4, 0.5) is 5.82 Å². The Morgan fingerprint density at radius 1 is 1.59 bits per heavy atom. The molecule has 0 aromatic carbocycles. The second-order valence-corrected chi connectivity index (χ2v) is 4.81. The van der Waals surface area contributed by atoms with Crippen molar-refractivity contribution in [3.8, 4) is 0 Å². The van der Waals surface area contributed by atoms with E-state index >= 15 is 0 Å². The van der Waals surface area contributed by atoms with E-state index in [4.69, 9.17) is 5.84 Å². The highest BCUT2D eigenvalue weighted by Crippen LogP contribution is 2.22. The van der Waals surface area contributed by atoms with Crippen LogP contribution in [0, 0.1) is 5.92 Å². The predicted octanol–water partition coefficient (Wildman–Crippen LogP) is 1.99. The van der Waals surface area contributed by atoms with Gasteiger partial charge in [-0.3, -0.25) is 4.90 Å². The molecule has 2 rings (SSSR count). The number of anilines is 1. The van der Waals surface area contributed by atoms with Gasteiger partial charge >= 0.3 is 0 Å². The van der Waals surface area contributed by atoms with Crippen LogP contribution in [0.1, 0.15) is 31.7 Å². The SMILES string of the molecule is CCC1CCCN(Cc2cccnc2NN)C1. The lowest BCUT2D eigenvalue weighted by Crippen LogP contribution is -2.35. The maximum atomic E-state index is 5.48. The minimum absolute atomic E-state index is 0.797. The van der Waals surface area contributed by atoms with E-state index in [2.05, 4.69) is 28.3 Å². The van der Waals surface area contributed by atoms with Gasteiger partial charge in [-0.2, -0.15) is 0 Å². The number of hydrazine groups is 1. The Balaban J connectivity index is 2.00. The summed E-state index contributed by atoms with van der Waals surface area (Å²) in [5, 5.41) is 0. The Morgan fingerprint density at radius 3 is 3.24 bits per heavy atom. The van der Waals surface area contributed by atoms with Gasteiger partial charge in [0.25, 0.3) is 0 Å². The Hall–Kier alpha value is -1.13. The Morgan fingerprint density at radius 2 is 2.47 bits per heavy atom. The van der Waals surface area contributed by atoms with Crippen LogP contribution < -0.4 is 11.3 Å². The van der Waals surface area contributed by atoms with Crippen molar-refractivity contribution in [2.45, 2.75) is 32.7 Å². The van der Waals surface area contributed by atoms with E-state index in [-0.39, 0.29) is 0 Å². The average Bonchev–Trinajstić information content (AvgIpc) is 2.39. The third-order valence-corrected chi connectivity index (χ3v) is 3.60. The summed E-state index contributed by atoms with van der Waals surface area (Å²) >= 11 is 0. The normalized spacial score (nSPS) is 21.4. The number of piperidine rings is 1. The first-order chi connectivity index (χ1) is 8.33. The molecule has 0 aliphatic carbocycles. The smallest absolute Gasteiger partial charge is 0.144 e. The summed E-state index contributed by atoms with van der Waals surface area (Å²) in [5.41, 5.74) is 3.86. The van der Waals surface area contributed by atoms with Crippen molar-refractivity contribution in [1.82, 2.24) is 9.88 Å². The van der Waals surface area contributed by atoms with Gasteiger partial charge in [-0.25, -0.2) is 10.8 Å². The Labute approximate surface area is 103 Å². The highest BCUT2D eigenvalue weighted by molar-refractivity contribution is 5.42. The van der Waals surface area contributed by atoms with Crippen LogP contribution in [0.15, 0.2) is 18.3 Å². The number of nitrogens with two attached hydrogens (primary N) is 1. The number of hydrogen-bond donors (Lipinski definition) is 2. The van der Waals surface area contributed by atoms with E-state index in [1.807, 2.05) is 6.07 Å². The molecular weight excluding hydrogens is 212 g/mol. The molecule has 1 aromatic heterocycles. The molecule has 1 saturated heterocycles. The molecule has 1 aliphatic heterocycles. The molecule has 94 valence electrons. The van der Waals surface area contributed by atoms with Gasteiger partial charge in [-0.05, 0) is 31.4 Å². The van der Waals surface area contributed by atoms with E-state index in [0.717, 1.165) is 18.3 Å². The van der Waals surface area contributed by atoms with Crippen molar-refractivity contribution in [3.63, 3.8) is 0 Å². The molecule has 1 aromatic rings. The number of aromatic nitrogens is 1. The quantitative estimate of drug-likeness (QED) is 0.618. The number of nitrogens with zero attached hydrogens (tertiary/aromatic N) is 2. The maximum absolute atomic E-state index is 5.48. The van der Waals surface area contributed by atoms with Crippen molar-refractivity contribution in [1.29, 1.82) is 0 Å². The number of hydrogen-bond acceptors (Lipinski definition) is 4. The number of nitrogens with one attached hydrogen (secondary N) is 1. The van der Waals surface area contributed by atoms with Crippen molar-refractivity contribution in [2.75, 3.05) is 18.5 Å². The van der Waals surface area contributed by atoms with Crippen LogP contribution in [-0.4, -0.2) is 23.0 Å². The fraction of sp³-hybridized carbons (Fsp3) is 0.615. The summed E-state index contributed by atoms with van der Waals surface area (Å²) in [6, 6.07) is 4.06. The lowest BCUT2D eigenvalue weighted by Gasteiger charge is -2.32. The van der Waals surface area contributed by atoms with Gasteiger partial charge in [0.2, 0.25) is 0 Å². The number of nitrogen functional groups attached to an aromatic ring is 1. The second kappa shape index (κ2) is 5.98. The highest BCUT2D eigenvalue weighted by Gasteiger charge is 2.19. The van der Waals surface area contributed by atoms with Gasteiger partial charge < -0.3 is 5.43 Å². The molecule has 1 unspecified atom stereocenters. The molecule has 17 heavy (non-hydrogen) atoms. The topological polar surface area (TPSA) is 54.2 Å². The fourth-order valence-electron chi connectivity index (χ4n) is 2.57. The molecule has 1 fully saturated rings. The van der Waals surface area contributed by atoms with Crippen molar-refractivity contribution < 1.29 is 0 Å². The summed E-state index contributed by atoms with van der Waals surface area (Å²) in [6.45, 7) is 5.62. The Bertz CT molecular complexity index is 353. The average molecular weight is 234 g/mol. The lowest BCUT2D eigenvalue weighted by atomic mass is 9.95. The first-order valence-corrected chi connectivity index (χ1v) is 6.46. The third-order valence-electron chi connectivity index (χ3n) is 3.60. The molecule has 0 radical (unpaired) electrons. The first-order valence-electron chi connectivity index (χ1n) is 6.46. The van der Waals surface area contributed by atoms with Crippen LogP contribution in [0.25, 0.3) is 0 Å². The van der Waals surface area contributed by atoms with Gasteiger partial charge in [0, 0.05) is 24.8 Å². The minimum atomic E-state index is 0.797. The van der Waals surface area contributed by atoms with Gasteiger partial charge in [0.05, 0.1) is 0 Å². The van der Waals surface area contributed by atoms with Crippen molar-refractivity contribution >= 4 is 5.82 Å². The third kappa shape index (κ3) is 3.17. The van der Waals surface area contributed by atoms with Crippen molar-refractivity contribution in [2.24, 2.45) is 11.8 Å². The summed E-state index contributed by atoms with van der Waals surface area (Å²) in [7, 11) is 0. The summed E-state index contributed by atoms with van der Waals surface area (Å²) in [4.78, 5) is 6.75. The van der Waals surface area contributed by atoms with E-state index in [1.54, 1.807) is 6.20 Å². The van der Waals surface area contributed by atoms with E-state index in [0.29, 0.717) is 0 Å². The minimum Gasteiger partial charge on any atom is -0.308 e. The molecule has 0 amide bonds. The molecule has 0 spiro atoms. The molecule has 1 aliphatic rings. The molecule has 4 heteroatoms. The molecule has 2 heterocycles. The summed E-state index contributed by atoms with van der Waals surface area (Å²) in [5.74, 6) is 7.13. The molecule has 1 atom stereocenters. The van der Waals surface area contributed by atoms with Crippen LogP contribution in [-0.2, 0) is 6.54 Å². The van der Waals surface area contributed by atoms with Gasteiger partial charge in [0.15, 0.2) is 0 Å². The van der Waals surface area contributed by atoms with Crippen LogP contribution in [0.2, 0.25) is 0 Å². The highest BCUT2D eigenvalue weighted by atomic mass is 15.3. The first kappa shape index (κ1) is 12.3. The van der Waals surface area contributed by atoms with Gasteiger partial charge in [-0.1, -0.05) is 19.4 Å². The van der Waals surface area contributed by atoms with E-state index in [9.17, 15) is 0 Å². The molecule has 4 nitrogen and oxygen atoms in total. The zero-order valence-corrected chi connectivity index (χ0v) is 10.5. The monoisotopic (exact) mass is 234 g/mol. The van der Waals surface area contributed by atoms with Crippen LogP contribution >= 0.6 is 0 Å². The van der Waals surface area contributed by atoms with E-state index in [1.165, 1.54) is 37.9 Å². The number of rotatable bonds is 4. The fourth-order valence-corrected chi connectivity index (χ4v) is 2.57. The zero-order valence-electron chi connectivity index (χ0n) is 10.5. The zero-order chi connectivity index (χ0) is 12.1. The number of pyridine rings is 1. The second-order valence-electron chi connectivity index (χ2n) is 4.81. The van der Waals surface area contributed by atoms with Gasteiger partial charge in [-0.15, -0.1) is 0 Å². The summed E-state index contributed by atoms with van der Waals surface area (Å²) in [6.07, 6.45) is 5.74. The standard InChI is InChI=1S/C13H22N4/c1-2-11-5-4-8-17(9-11)10-12-6-3-7-15-13(12)16-14/h3,6-7,11H,2,4-5,8-10,14H2,1H3,(H,15,16). The van der Waals surface area contributed by atoms with E-state index < -0.39 is 0 Å². The van der Waals surface area contributed by atoms with Gasteiger partial charge in [0.1, 0.15) is 5.82 Å². The molecular formula is C13H22N4. The lowest BCUT2D eigenvalue weighted by molar-refractivity contribution is 0.165. The number of likely N-dealkylation sites (tertiary alicyclic amines) is 1. The molecule has 0 saturated carbocycles. The van der Waals surface area contributed by atoms with Crippen LogP contribution in [0.3, 0.4) is 0 Å². The predicted molar refractivity (Wildman–Crippen MR) is 70.3 cm³/mol. The Kier molecular flexibility index (Phi) is 4.34. The molecule has 3 N–H and O–H groups in total. The molecule has 0 bridgehead atoms. The summed E-state index contributed by atoms with van der Waals surface area (Å²) < 4.78 is 0. The largest absolute Gasteiger partial charge is 0.308 e. The van der Waals surface area contributed by atoms with Crippen molar-refractivity contribution in [3.05, 3.63) is 23.9 Å². The maximum Gasteiger partial charge on any atom is 0.144 e. The van der Waals surface area contributed by atoms with Crippen LogP contribution in [0.5, 0.6) is 0 Å².